The van der Waals surface area contributed by atoms with Gasteiger partial charge in [-0.1, -0.05) is 20.8 Å². The third-order valence-corrected chi connectivity index (χ3v) is 6.77. The van der Waals surface area contributed by atoms with E-state index in [4.69, 9.17) is 10.5 Å². The van der Waals surface area contributed by atoms with Gasteiger partial charge >= 0.3 is 5.97 Å². The average Bonchev–Trinajstić information content (AvgIpc) is 3.01. The molecule has 0 amide bonds. The van der Waals surface area contributed by atoms with Gasteiger partial charge in [0, 0.05) is 17.3 Å². The van der Waals surface area contributed by atoms with E-state index < -0.39 is 0 Å². The fourth-order valence-electron chi connectivity index (χ4n) is 4.00. The van der Waals surface area contributed by atoms with Gasteiger partial charge in [-0.15, -0.1) is 11.3 Å². The third-order valence-electron chi connectivity index (χ3n) is 5.90. The first-order valence-electron chi connectivity index (χ1n) is 7.24. The molecule has 0 saturated heterocycles. The molecule has 0 aliphatic heterocycles. The monoisotopic (exact) mass is 294 g/mol. The van der Waals surface area contributed by atoms with Crippen LogP contribution in [0.2, 0.25) is 0 Å². The summed E-state index contributed by atoms with van der Waals surface area (Å²) in [6.07, 6.45) is 3.41. The summed E-state index contributed by atoms with van der Waals surface area (Å²) in [6.45, 7) is 7.26. The molecule has 1 aromatic heterocycles. The number of esters is 1. The number of thiazole rings is 1. The number of rotatable bonds is 3. The minimum atomic E-state index is -0.296. The summed E-state index contributed by atoms with van der Waals surface area (Å²) in [4.78, 5) is 16.5. The minimum absolute atomic E-state index is 0.0202. The van der Waals surface area contributed by atoms with Crippen molar-refractivity contribution in [3.05, 3.63) is 16.1 Å². The standard InChI is InChI=1S/C15H22N2O2S/c1-14(2)9-4-5-15(14,3)11(6-9)19-13(18)10-8-20-12(7-16)17-10/h8-9,11H,4-7,16H2,1-3H3. The highest BCUT2D eigenvalue weighted by Crippen LogP contribution is 2.66. The van der Waals surface area contributed by atoms with Gasteiger partial charge in [-0.05, 0) is 30.6 Å². The van der Waals surface area contributed by atoms with Crippen LogP contribution in [0.5, 0.6) is 0 Å². The summed E-state index contributed by atoms with van der Waals surface area (Å²) in [5.74, 6) is 0.371. The third kappa shape index (κ3) is 1.83. The first-order valence-corrected chi connectivity index (χ1v) is 8.12. The molecule has 3 atom stereocenters. The summed E-state index contributed by atoms with van der Waals surface area (Å²) in [6, 6.07) is 0. The SMILES string of the molecule is CC1(C)C2CCC1(C)C(OC(=O)c1csc(CN)n1)C2. The maximum absolute atomic E-state index is 12.2. The zero-order valence-electron chi connectivity index (χ0n) is 12.3. The number of nitrogens with two attached hydrogens (primary N) is 1. The summed E-state index contributed by atoms with van der Waals surface area (Å²) < 4.78 is 5.79. The van der Waals surface area contributed by atoms with E-state index in [1.807, 2.05) is 0 Å². The van der Waals surface area contributed by atoms with Crippen molar-refractivity contribution in [3.63, 3.8) is 0 Å². The smallest absolute Gasteiger partial charge is 0.358 e. The first kappa shape index (κ1) is 14.0. The number of carbonyl (C=O) groups is 1. The number of aromatic nitrogens is 1. The molecular weight excluding hydrogens is 272 g/mol. The largest absolute Gasteiger partial charge is 0.457 e. The van der Waals surface area contributed by atoms with Crippen molar-refractivity contribution in [3.8, 4) is 0 Å². The van der Waals surface area contributed by atoms with Crippen LogP contribution in [-0.4, -0.2) is 17.1 Å². The van der Waals surface area contributed by atoms with Crippen LogP contribution in [0, 0.1) is 16.7 Å². The molecule has 2 N–H and O–H groups in total. The van der Waals surface area contributed by atoms with Crippen LogP contribution in [-0.2, 0) is 11.3 Å². The van der Waals surface area contributed by atoms with Crippen LogP contribution in [0.3, 0.4) is 0 Å². The summed E-state index contributed by atoms with van der Waals surface area (Å²) >= 11 is 1.41. The van der Waals surface area contributed by atoms with Gasteiger partial charge in [0.1, 0.15) is 11.1 Å². The molecule has 1 heterocycles. The fourth-order valence-corrected chi connectivity index (χ4v) is 4.64. The Bertz CT molecular complexity index is 540. The molecule has 5 heteroatoms. The predicted octanol–water partition coefficient (Wildman–Crippen LogP) is 2.97. The van der Waals surface area contributed by atoms with E-state index in [0.717, 1.165) is 17.8 Å². The molecule has 3 unspecified atom stereocenters. The van der Waals surface area contributed by atoms with Crippen molar-refractivity contribution in [1.29, 1.82) is 0 Å². The quantitative estimate of drug-likeness (QED) is 0.870. The number of ether oxygens (including phenoxy) is 1. The summed E-state index contributed by atoms with van der Waals surface area (Å²) in [5.41, 5.74) is 6.28. The lowest BCUT2D eigenvalue weighted by atomic mass is 9.70. The number of fused-ring (bicyclic) bond motifs is 2. The van der Waals surface area contributed by atoms with Gasteiger partial charge in [0.2, 0.25) is 0 Å². The summed E-state index contributed by atoms with van der Waals surface area (Å²) in [7, 11) is 0. The normalized spacial score (nSPS) is 34.4. The molecule has 1 aromatic rings. The van der Waals surface area contributed by atoms with Crippen molar-refractivity contribution in [1.82, 2.24) is 4.98 Å². The Morgan fingerprint density at radius 2 is 2.30 bits per heavy atom. The number of carbonyl (C=O) groups excluding carboxylic acids is 1. The van der Waals surface area contributed by atoms with Gasteiger partial charge in [0.25, 0.3) is 0 Å². The second-order valence-corrected chi connectivity index (χ2v) is 7.78. The minimum Gasteiger partial charge on any atom is -0.457 e. The Morgan fingerprint density at radius 1 is 1.55 bits per heavy atom. The Morgan fingerprint density at radius 3 is 2.80 bits per heavy atom. The van der Waals surface area contributed by atoms with E-state index in [0.29, 0.717) is 18.2 Å². The van der Waals surface area contributed by atoms with Crippen LogP contribution in [0.4, 0.5) is 0 Å². The molecule has 0 radical (unpaired) electrons. The maximum atomic E-state index is 12.2. The Kier molecular flexibility index (Phi) is 3.18. The highest BCUT2D eigenvalue weighted by molar-refractivity contribution is 7.09. The van der Waals surface area contributed by atoms with E-state index in [9.17, 15) is 4.79 Å². The van der Waals surface area contributed by atoms with Crippen LogP contribution in [0.25, 0.3) is 0 Å². The topological polar surface area (TPSA) is 65.2 Å². The lowest BCUT2D eigenvalue weighted by molar-refractivity contribution is -0.0246. The zero-order valence-corrected chi connectivity index (χ0v) is 13.1. The molecule has 0 spiro atoms. The molecule has 0 aromatic carbocycles. The number of nitrogens with zero attached hydrogens (tertiary/aromatic N) is 1. The molecular formula is C15H22N2O2S. The molecule has 2 aliphatic carbocycles. The van der Waals surface area contributed by atoms with Gasteiger partial charge in [-0.3, -0.25) is 0 Å². The number of hydrogen-bond acceptors (Lipinski definition) is 5. The van der Waals surface area contributed by atoms with Crippen molar-refractivity contribution in [2.24, 2.45) is 22.5 Å². The van der Waals surface area contributed by atoms with E-state index in [1.165, 1.54) is 17.8 Å². The van der Waals surface area contributed by atoms with Crippen LogP contribution >= 0.6 is 11.3 Å². The van der Waals surface area contributed by atoms with Crippen LogP contribution in [0.1, 0.15) is 55.5 Å². The van der Waals surface area contributed by atoms with E-state index in [-0.39, 0.29) is 22.9 Å². The molecule has 4 nitrogen and oxygen atoms in total. The zero-order chi connectivity index (χ0) is 14.5. The molecule has 3 rings (SSSR count). The van der Waals surface area contributed by atoms with Gasteiger partial charge < -0.3 is 10.5 Å². The van der Waals surface area contributed by atoms with E-state index in [1.54, 1.807) is 5.38 Å². The molecule has 2 saturated carbocycles. The first-order chi connectivity index (χ1) is 9.38. The summed E-state index contributed by atoms with van der Waals surface area (Å²) in [5, 5.41) is 2.52. The van der Waals surface area contributed by atoms with Crippen molar-refractivity contribution in [2.75, 3.05) is 0 Å². The molecule has 2 aliphatic rings. The lowest BCUT2D eigenvalue weighted by Crippen LogP contribution is -2.38. The number of hydrogen-bond donors (Lipinski definition) is 1. The Hall–Kier alpha value is -0.940. The van der Waals surface area contributed by atoms with Gasteiger partial charge in [-0.25, -0.2) is 9.78 Å². The average molecular weight is 294 g/mol. The highest BCUT2D eigenvalue weighted by atomic mass is 32.1. The Balaban J connectivity index is 1.75. The Labute approximate surface area is 123 Å². The molecule has 110 valence electrons. The molecule has 2 bridgehead atoms. The van der Waals surface area contributed by atoms with Gasteiger partial charge in [0.05, 0.1) is 0 Å². The van der Waals surface area contributed by atoms with Gasteiger partial charge in [0.15, 0.2) is 5.69 Å². The van der Waals surface area contributed by atoms with Gasteiger partial charge in [-0.2, -0.15) is 0 Å². The highest BCUT2D eigenvalue weighted by Gasteiger charge is 2.62. The maximum Gasteiger partial charge on any atom is 0.358 e. The fraction of sp³-hybridized carbons (Fsp3) is 0.733. The lowest BCUT2D eigenvalue weighted by Gasteiger charge is -2.38. The second kappa shape index (κ2) is 4.53. The van der Waals surface area contributed by atoms with Crippen molar-refractivity contribution in [2.45, 2.75) is 52.7 Å². The molecule has 2 fully saturated rings. The van der Waals surface area contributed by atoms with E-state index >= 15 is 0 Å². The van der Waals surface area contributed by atoms with Crippen molar-refractivity contribution >= 4 is 17.3 Å². The molecule has 20 heavy (non-hydrogen) atoms. The van der Waals surface area contributed by atoms with Crippen LogP contribution < -0.4 is 5.73 Å². The predicted molar refractivity (Wildman–Crippen MR) is 78.4 cm³/mol. The van der Waals surface area contributed by atoms with E-state index in [2.05, 4.69) is 25.8 Å². The second-order valence-electron chi connectivity index (χ2n) is 6.84. The van der Waals surface area contributed by atoms with Crippen molar-refractivity contribution < 1.29 is 9.53 Å². The van der Waals surface area contributed by atoms with Crippen LogP contribution in [0.15, 0.2) is 5.38 Å².